The third-order valence-electron chi connectivity index (χ3n) is 4.04. The maximum Gasteiger partial charge on any atom is 0.309 e. The maximum absolute atomic E-state index is 11.0. The first-order valence-corrected chi connectivity index (χ1v) is 14.4. The molecule has 0 aromatic heterocycles. The van der Waals surface area contributed by atoms with E-state index in [1.165, 1.54) is 0 Å². The lowest BCUT2D eigenvalue weighted by Crippen LogP contribution is -2.18. The highest BCUT2D eigenvalue weighted by molar-refractivity contribution is 5.73. The highest BCUT2D eigenvalue weighted by Crippen LogP contribution is 1.97. The van der Waals surface area contributed by atoms with E-state index >= 15 is 0 Å². The van der Waals surface area contributed by atoms with Gasteiger partial charge in [-0.2, -0.15) is 0 Å². The lowest BCUT2D eigenvalue weighted by Gasteiger charge is -2.09. The molecule has 1 heterocycles. The van der Waals surface area contributed by atoms with Gasteiger partial charge in [-0.15, -0.1) is 0 Å². The predicted octanol–water partition coefficient (Wildman–Crippen LogP) is -3.28. The van der Waals surface area contributed by atoms with Gasteiger partial charge in [0.2, 0.25) is 0 Å². The fraction of sp³-hybridized carbons (Fsp3) is 0.815. The van der Waals surface area contributed by atoms with E-state index in [2.05, 4.69) is 14.2 Å². The maximum atomic E-state index is 11.0. The lowest BCUT2D eigenvalue weighted by atomic mass is 10.4. The molecule has 47 heavy (non-hydrogen) atoms. The van der Waals surface area contributed by atoms with Gasteiger partial charge in [-0.05, 0) is 0 Å². The van der Waals surface area contributed by atoms with Crippen LogP contribution in [0.2, 0.25) is 0 Å². The second-order valence-corrected chi connectivity index (χ2v) is 7.99. The van der Waals surface area contributed by atoms with E-state index in [-0.39, 0.29) is 124 Å². The standard InChI is InChI=1S/C12H22O8.C8H14O6.C3H4O2.2C2H6O2/c13-3-7-19-11(15)1-5-17-9-10-18-6-2-12(16)20-8-4-14;9-7(10)1-3-13-5-6-14-4-2-8(11)12;4-3-1-2-5-3;2*3-1-2-4/h13-14H,1-10H2;1-6H2,(H,9,10)(H,11,12);1-2H2;2*3-4H,1-2H2. The smallest absolute Gasteiger partial charge is 0.309 e. The van der Waals surface area contributed by atoms with Gasteiger partial charge >= 0.3 is 29.8 Å². The summed E-state index contributed by atoms with van der Waals surface area (Å²) >= 11 is 0. The molecule has 0 atom stereocenters. The quantitative estimate of drug-likeness (QED) is 0.0278. The first kappa shape index (κ1) is 50.8. The normalized spacial score (nSPS) is 10.8. The van der Waals surface area contributed by atoms with E-state index in [9.17, 15) is 24.0 Å². The molecule has 1 aliphatic heterocycles. The molecule has 1 aliphatic rings. The summed E-state index contributed by atoms with van der Waals surface area (Å²) in [4.78, 5) is 51.7. The first-order valence-electron chi connectivity index (χ1n) is 14.4. The van der Waals surface area contributed by atoms with Crippen molar-refractivity contribution in [2.45, 2.75) is 32.1 Å². The van der Waals surface area contributed by atoms with E-state index in [0.29, 0.717) is 26.2 Å². The van der Waals surface area contributed by atoms with Gasteiger partial charge in [-0.1, -0.05) is 0 Å². The first-order chi connectivity index (χ1) is 22.6. The Kier molecular flexibility index (Phi) is 48.7. The fourth-order valence-electron chi connectivity index (χ4n) is 1.92. The number of ether oxygens (including phenoxy) is 7. The molecule has 0 radical (unpaired) electrons. The molecular formula is C27H52O20. The molecule has 0 amide bonds. The van der Waals surface area contributed by atoms with Crippen LogP contribution in [-0.2, 0) is 57.1 Å². The Bertz CT molecular complexity index is 660. The van der Waals surface area contributed by atoms with E-state index < -0.39 is 23.9 Å². The zero-order chi connectivity index (χ0) is 36.4. The Morgan fingerprint density at radius 1 is 0.489 bits per heavy atom. The third-order valence-corrected chi connectivity index (χ3v) is 4.04. The molecular weight excluding hydrogens is 644 g/mol. The van der Waals surface area contributed by atoms with Gasteiger partial charge in [0, 0.05) is 0 Å². The average Bonchev–Trinajstić information content (AvgIpc) is 3.04. The Labute approximate surface area is 272 Å². The van der Waals surface area contributed by atoms with Crippen molar-refractivity contribution >= 4 is 29.8 Å². The molecule has 0 bridgehead atoms. The number of hydrogen-bond acceptors (Lipinski definition) is 18. The van der Waals surface area contributed by atoms with Gasteiger partial charge in [0.1, 0.15) is 19.8 Å². The fourth-order valence-corrected chi connectivity index (χ4v) is 1.92. The Morgan fingerprint density at radius 2 is 0.766 bits per heavy atom. The summed E-state index contributed by atoms with van der Waals surface area (Å²) in [5, 5.41) is 63.8. The number of carbonyl (C=O) groups is 5. The van der Waals surface area contributed by atoms with Crippen molar-refractivity contribution in [3.8, 4) is 0 Å². The molecule has 280 valence electrons. The molecule has 0 aromatic carbocycles. The summed E-state index contributed by atoms with van der Waals surface area (Å²) < 4.78 is 33.6. The van der Waals surface area contributed by atoms with Crippen molar-refractivity contribution in [1.82, 2.24) is 0 Å². The minimum absolute atomic E-state index is 0.00563. The number of hydrogen-bond donors (Lipinski definition) is 8. The third kappa shape index (κ3) is 59.0. The molecule has 20 heteroatoms. The zero-order valence-electron chi connectivity index (χ0n) is 26.5. The summed E-state index contributed by atoms with van der Waals surface area (Å²) in [5.41, 5.74) is 0. The molecule has 1 fully saturated rings. The van der Waals surface area contributed by atoms with Gasteiger partial charge < -0.3 is 74.0 Å². The molecule has 0 aromatic rings. The second-order valence-electron chi connectivity index (χ2n) is 7.99. The SMILES string of the molecule is O=C(CCOCCOCCC(=O)OCCO)OCCO.O=C(O)CCOCCOCCC(=O)O.O=C1CCO1.OCCO.OCCO. The van der Waals surface area contributed by atoms with E-state index in [4.69, 9.17) is 59.8 Å². The zero-order valence-corrected chi connectivity index (χ0v) is 26.5. The minimum atomic E-state index is -0.906. The van der Waals surface area contributed by atoms with Gasteiger partial charge in [0.25, 0.3) is 0 Å². The summed E-state index contributed by atoms with van der Waals surface area (Å²) in [6, 6.07) is 0. The summed E-state index contributed by atoms with van der Waals surface area (Å²) in [6.07, 6.45) is 0.797. The van der Waals surface area contributed by atoms with Crippen molar-refractivity contribution in [3.63, 3.8) is 0 Å². The van der Waals surface area contributed by atoms with Crippen LogP contribution in [0, 0.1) is 0 Å². The van der Waals surface area contributed by atoms with Crippen molar-refractivity contribution in [1.29, 1.82) is 0 Å². The number of aliphatic carboxylic acids is 2. The number of esters is 3. The molecule has 0 spiro atoms. The van der Waals surface area contributed by atoms with Crippen LogP contribution in [0.25, 0.3) is 0 Å². The van der Waals surface area contributed by atoms with Gasteiger partial charge in [0.15, 0.2) is 0 Å². The number of rotatable bonds is 24. The molecule has 20 nitrogen and oxygen atoms in total. The van der Waals surface area contributed by atoms with Crippen molar-refractivity contribution in [2.75, 3.05) is 112 Å². The number of carboxylic acid groups (broad SMARTS) is 2. The monoisotopic (exact) mass is 696 g/mol. The van der Waals surface area contributed by atoms with Crippen molar-refractivity contribution < 1.29 is 98.0 Å². The Hall–Kier alpha value is -3.05. The number of carbonyl (C=O) groups excluding carboxylic acids is 3. The van der Waals surface area contributed by atoms with Gasteiger partial charge in [-0.3, -0.25) is 24.0 Å². The Balaban J connectivity index is -0.000000292. The van der Waals surface area contributed by atoms with Crippen LogP contribution >= 0.6 is 0 Å². The number of aliphatic hydroxyl groups excluding tert-OH is 6. The van der Waals surface area contributed by atoms with Crippen LogP contribution in [0.1, 0.15) is 32.1 Å². The molecule has 1 rings (SSSR count). The van der Waals surface area contributed by atoms with Crippen LogP contribution in [0.5, 0.6) is 0 Å². The number of aliphatic hydroxyl groups is 6. The van der Waals surface area contributed by atoms with Crippen LogP contribution in [0.4, 0.5) is 0 Å². The topological polar surface area (TPSA) is 312 Å². The molecule has 0 saturated carbocycles. The highest BCUT2D eigenvalue weighted by atomic mass is 16.6. The van der Waals surface area contributed by atoms with Crippen LogP contribution < -0.4 is 0 Å². The minimum Gasteiger partial charge on any atom is -0.481 e. The van der Waals surface area contributed by atoms with Gasteiger partial charge in [0.05, 0.1) is 125 Å². The van der Waals surface area contributed by atoms with E-state index in [0.717, 1.165) is 0 Å². The predicted molar refractivity (Wildman–Crippen MR) is 157 cm³/mol. The largest absolute Gasteiger partial charge is 0.481 e. The molecule has 0 unspecified atom stereocenters. The van der Waals surface area contributed by atoms with E-state index in [1.807, 2.05) is 0 Å². The summed E-state index contributed by atoms with van der Waals surface area (Å²) in [6.45, 7) is 1.65. The van der Waals surface area contributed by atoms with E-state index in [1.54, 1.807) is 0 Å². The molecule has 8 N–H and O–H groups in total. The van der Waals surface area contributed by atoms with Crippen LogP contribution in [-0.4, -0.2) is 183 Å². The molecule has 0 aliphatic carbocycles. The van der Waals surface area contributed by atoms with Crippen LogP contribution in [0.3, 0.4) is 0 Å². The van der Waals surface area contributed by atoms with Crippen molar-refractivity contribution in [3.05, 3.63) is 0 Å². The highest BCUT2D eigenvalue weighted by Gasteiger charge is 2.11. The second kappa shape index (κ2) is 45.1. The summed E-state index contributed by atoms with van der Waals surface area (Å²) in [7, 11) is 0. The van der Waals surface area contributed by atoms with Crippen LogP contribution in [0.15, 0.2) is 0 Å². The lowest BCUT2D eigenvalue weighted by molar-refractivity contribution is -0.157. The Morgan fingerprint density at radius 3 is 0.957 bits per heavy atom. The average molecular weight is 697 g/mol. The summed E-state index contributed by atoms with van der Waals surface area (Å²) in [5.74, 6) is -2.73. The molecule has 1 saturated heterocycles. The van der Waals surface area contributed by atoms with Gasteiger partial charge in [-0.25, -0.2) is 0 Å². The number of carboxylic acids is 2. The van der Waals surface area contributed by atoms with Crippen molar-refractivity contribution in [2.24, 2.45) is 0 Å². The number of cyclic esters (lactones) is 1.